The Morgan fingerprint density at radius 3 is 2.66 bits per heavy atom. The Balaban J connectivity index is 1.50. The molecule has 7 heteroatoms. The molecule has 3 rings (SSSR count). The van der Waals surface area contributed by atoms with Crippen molar-refractivity contribution in [2.45, 2.75) is 71.4 Å². The van der Waals surface area contributed by atoms with Crippen LogP contribution in [0.1, 0.15) is 74.7 Å². The fraction of sp³-hybridized carbons (Fsp3) is 0.640. The van der Waals surface area contributed by atoms with E-state index < -0.39 is 0 Å². The van der Waals surface area contributed by atoms with E-state index in [2.05, 4.69) is 29.8 Å². The molecule has 2 amide bonds. The first-order chi connectivity index (χ1) is 15.5. The van der Waals surface area contributed by atoms with Gasteiger partial charge < -0.3 is 20.9 Å². The van der Waals surface area contributed by atoms with Crippen LogP contribution in [-0.4, -0.2) is 54.9 Å². The molecular weight excluding hydrogens is 402 g/mol. The summed E-state index contributed by atoms with van der Waals surface area (Å²) in [4.78, 5) is 30.5. The normalized spacial score (nSPS) is 18.8. The van der Waals surface area contributed by atoms with E-state index in [9.17, 15) is 9.59 Å². The highest BCUT2D eigenvalue weighted by Gasteiger charge is 2.22. The summed E-state index contributed by atoms with van der Waals surface area (Å²) in [5.41, 5.74) is 1.65. The minimum absolute atomic E-state index is 0.100. The molecule has 0 spiro atoms. The van der Waals surface area contributed by atoms with E-state index in [1.807, 2.05) is 24.3 Å². The molecule has 1 heterocycles. The van der Waals surface area contributed by atoms with Gasteiger partial charge >= 0.3 is 0 Å². The Labute approximate surface area is 192 Å². The van der Waals surface area contributed by atoms with Crippen LogP contribution in [-0.2, 0) is 11.3 Å². The lowest BCUT2D eigenvalue weighted by Crippen LogP contribution is -2.49. The molecule has 3 N–H and O–H groups in total. The summed E-state index contributed by atoms with van der Waals surface area (Å²) >= 11 is 0. The highest BCUT2D eigenvalue weighted by molar-refractivity contribution is 5.97. The molecule has 0 aromatic heterocycles. The topological polar surface area (TPSA) is 85.8 Å². The van der Waals surface area contributed by atoms with Crippen LogP contribution in [0.4, 0.5) is 0 Å². The van der Waals surface area contributed by atoms with E-state index in [0.29, 0.717) is 31.2 Å². The summed E-state index contributed by atoms with van der Waals surface area (Å²) in [6.45, 7) is 6.86. The smallest absolute Gasteiger partial charge is 0.254 e. The van der Waals surface area contributed by atoms with Crippen molar-refractivity contribution in [3.05, 3.63) is 35.4 Å². The number of aliphatic imine (C=N–C) groups is 1. The van der Waals surface area contributed by atoms with Gasteiger partial charge in [-0.1, -0.05) is 44.2 Å². The van der Waals surface area contributed by atoms with Gasteiger partial charge in [0, 0.05) is 31.2 Å². The zero-order valence-electron chi connectivity index (χ0n) is 19.7. The highest BCUT2D eigenvalue weighted by Crippen LogP contribution is 2.27. The van der Waals surface area contributed by atoms with Crippen molar-refractivity contribution in [1.82, 2.24) is 20.9 Å². The number of carbonyl (C=O) groups excluding carboxylic acids is 2. The van der Waals surface area contributed by atoms with E-state index >= 15 is 0 Å². The number of hydrogen-bond acceptors (Lipinski definition) is 3. The minimum atomic E-state index is -0.105. The maximum absolute atomic E-state index is 12.6. The number of nitrogens with zero attached hydrogens (tertiary/aromatic N) is 2. The second kappa shape index (κ2) is 12.5. The molecule has 7 nitrogen and oxygen atoms in total. The van der Waals surface area contributed by atoms with Gasteiger partial charge in [-0.3, -0.25) is 9.59 Å². The predicted molar refractivity (Wildman–Crippen MR) is 129 cm³/mol. The largest absolute Gasteiger partial charge is 0.357 e. The molecule has 1 saturated heterocycles. The van der Waals surface area contributed by atoms with Crippen molar-refractivity contribution in [3.63, 3.8) is 0 Å². The van der Waals surface area contributed by atoms with Crippen molar-refractivity contribution < 1.29 is 9.59 Å². The van der Waals surface area contributed by atoms with Crippen LogP contribution in [0.2, 0.25) is 0 Å². The average Bonchev–Trinajstić information content (AvgIpc) is 2.82. The Bertz CT molecular complexity index is 771. The molecule has 1 saturated carbocycles. The second-order valence-corrected chi connectivity index (χ2v) is 9.10. The molecule has 0 bridgehead atoms. The molecule has 1 unspecified atom stereocenters. The maximum Gasteiger partial charge on any atom is 0.254 e. The van der Waals surface area contributed by atoms with E-state index in [1.165, 1.54) is 44.9 Å². The summed E-state index contributed by atoms with van der Waals surface area (Å²) in [5.74, 6) is 1.53. The van der Waals surface area contributed by atoms with E-state index in [0.717, 1.165) is 24.0 Å². The Kier molecular flexibility index (Phi) is 9.38. The Morgan fingerprint density at radius 2 is 1.97 bits per heavy atom. The quantitative estimate of drug-likeness (QED) is 0.428. The van der Waals surface area contributed by atoms with Gasteiger partial charge in [-0.05, 0) is 50.3 Å². The molecular formula is C25H39N5O2. The third-order valence-electron chi connectivity index (χ3n) is 6.41. The molecule has 1 atom stereocenters. The maximum atomic E-state index is 12.6. The molecule has 0 radical (unpaired) electrons. The summed E-state index contributed by atoms with van der Waals surface area (Å²) in [6, 6.07) is 7.92. The van der Waals surface area contributed by atoms with Gasteiger partial charge in [0.15, 0.2) is 5.96 Å². The lowest BCUT2D eigenvalue weighted by Gasteiger charge is -2.26. The van der Waals surface area contributed by atoms with Crippen molar-refractivity contribution >= 4 is 17.8 Å². The number of piperazine rings is 1. The number of hydrogen-bond donors (Lipinski definition) is 3. The van der Waals surface area contributed by atoms with Gasteiger partial charge in [-0.2, -0.15) is 0 Å². The summed E-state index contributed by atoms with van der Waals surface area (Å²) in [7, 11) is 0. The standard InChI is InChI=1S/C25H39N5O2/c1-3-26-25(29-19(2)9-10-20-7-5-4-6-8-20)28-17-21-11-13-22(14-12-21)24(32)30-16-15-27-23(31)18-30/h11-14,19-20H,3-10,15-18H2,1-2H3,(H,27,31)(H2,26,28,29). The third-order valence-corrected chi connectivity index (χ3v) is 6.41. The summed E-state index contributed by atoms with van der Waals surface area (Å²) in [6.07, 6.45) is 9.45. The molecule has 1 aromatic carbocycles. The Morgan fingerprint density at radius 1 is 1.22 bits per heavy atom. The predicted octanol–water partition coefficient (Wildman–Crippen LogP) is 3.06. The Hall–Kier alpha value is -2.57. The zero-order valence-corrected chi connectivity index (χ0v) is 19.7. The van der Waals surface area contributed by atoms with E-state index in [-0.39, 0.29) is 18.4 Å². The first-order valence-corrected chi connectivity index (χ1v) is 12.2. The second-order valence-electron chi connectivity index (χ2n) is 9.10. The van der Waals surface area contributed by atoms with Gasteiger partial charge in [0.1, 0.15) is 0 Å². The average molecular weight is 442 g/mol. The van der Waals surface area contributed by atoms with E-state index in [1.54, 1.807) is 4.90 Å². The number of amides is 2. The third kappa shape index (κ3) is 7.53. The van der Waals surface area contributed by atoms with Crippen molar-refractivity contribution in [3.8, 4) is 0 Å². The van der Waals surface area contributed by atoms with Gasteiger partial charge in [0.05, 0.1) is 13.1 Å². The SMILES string of the molecule is CCNC(=NCc1ccc(C(=O)N2CCNC(=O)C2)cc1)NC(C)CCC1CCCCC1. The fourth-order valence-corrected chi connectivity index (χ4v) is 4.50. The number of nitrogens with one attached hydrogen (secondary N) is 3. The molecule has 1 aliphatic heterocycles. The lowest BCUT2D eigenvalue weighted by atomic mass is 9.85. The van der Waals surface area contributed by atoms with Crippen molar-refractivity contribution in [1.29, 1.82) is 0 Å². The van der Waals surface area contributed by atoms with Gasteiger partial charge in [0.2, 0.25) is 5.91 Å². The summed E-state index contributed by atoms with van der Waals surface area (Å²) in [5, 5.41) is 9.63. The van der Waals surface area contributed by atoms with Crippen LogP contribution in [0.3, 0.4) is 0 Å². The molecule has 32 heavy (non-hydrogen) atoms. The highest BCUT2D eigenvalue weighted by atomic mass is 16.2. The van der Waals surface area contributed by atoms with Gasteiger partial charge in [-0.15, -0.1) is 0 Å². The number of benzene rings is 1. The number of rotatable bonds is 8. The van der Waals surface area contributed by atoms with Crippen LogP contribution in [0.5, 0.6) is 0 Å². The van der Waals surface area contributed by atoms with E-state index in [4.69, 9.17) is 4.99 Å². The first-order valence-electron chi connectivity index (χ1n) is 12.2. The molecule has 1 aromatic rings. The number of guanidine groups is 1. The molecule has 1 aliphatic carbocycles. The monoisotopic (exact) mass is 441 g/mol. The molecule has 176 valence electrons. The van der Waals surface area contributed by atoms with Crippen LogP contribution in [0, 0.1) is 5.92 Å². The summed E-state index contributed by atoms with van der Waals surface area (Å²) < 4.78 is 0. The van der Waals surface area contributed by atoms with Gasteiger partial charge in [0.25, 0.3) is 5.91 Å². The van der Waals surface area contributed by atoms with Crippen LogP contribution in [0.15, 0.2) is 29.3 Å². The fourth-order valence-electron chi connectivity index (χ4n) is 4.50. The van der Waals surface area contributed by atoms with Gasteiger partial charge in [-0.25, -0.2) is 4.99 Å². The lowest BCUT2D eigenvalue weighted by molar-refractivity contribution is -0.123. The zero-order chi connectivity index (χ0) is 22.8. The number of carbonyl (C=O) groups is 2. The van der Waals surface area contributed by atoms with Crippen LogP contribution >= 0.6 is 0 Å². The van der Waals surface area contributed by atoms with Crippen LogP contribution < -0.4 is 16.0 Å². The van der Waals surface area contributed by atoms with Crippen molar-refractivity contribution in [2.75, 3.05) is 26.2 Å². The minimum Gasteiger partial charge on any atom is -0.357 e. The molecule has 2 aliphatic rings. The first kappa shape index (κ1) is 24.1. The van der Waals surface area contributed by atoms with Crippen LogP contribution in [0.25, 0.3) is 0 Å². The molecule has 2 fully saturated rings. The van der Waals surface area contributed by atoms with Crippen molar-refractivity contribution in [2.24, 2.45) is 10.9 Å².